The highest BCUT2D eigenvalue weighted by Gasteiger charge is 2.19. The van der Waals surface area contributed by atoms with Crippen LogP contribution in [-0.2, 0) is 13.1 Å². The standard InChI is InChI=1S/C20H21N5/c21-13-19-17(15-25-8-4-2-6-20(19)25)14-23-9-11-24(12-10-23)16-18-5-1-3-7-22-18/h1-8,15H,9-12,14,16H2. The minimum absolute atomic E-state index is 0.802. The minimum atomic E-state index is 0.802. The van der Waals surface area contributed by atoms with E-state index in [2.05, 4.69) is 33.1 Å². The second-order valence-electron chi connectivity index (χ2n) is 6.51. The van der Waals surface area contributed by atoms with Crippen LogP contribution in [-0.4, -0.2) is 45.4 Å². The highest BCUT2D eigenvalue weighted by Crippen LogP contribution is 2.20. The maximum Gasteiger partial charge on any atom is 0.102 e. The van der Waals surface area contributed by atoms with E-state index in [1.807, 2.05) is 47.1 Å². The maximum atomic E-state index is 9.54. The molecule has 4 heterocycles. The molecule has 1 aliphatic heterocycles. The molecular weight excluding hydrogens is 310 g/mol. The Balaban J connectivity index is 1.40. The van der Waals surface area contributed by atoms with E-state index in [0.717, 1.165) is 61.6 Å². The molecule has 3 aromatic heterocycles. The lowest BCUT2D eigenvalue weighted by atomic mass is 10.1. The zero-order valence-corrected chi connectivity index (χ0v) is 14.2. The van der Waals surface area contributed by atoms with Crippen molar-refractivity contribution in [2.45, 2.75) is 13.1 Å². The molecule has 0 spiro atoms. The number of fused-ring (bicyclic) bond motifs is 1. The predicted molar refractivity (Wildman–Crippen MR) is 96.9 cm³/mol. The molecule has 3 aromatic rings. The van der Waals surface area contributed by atoms with Crippen LogP contribution in [0, 0.1) is 11.3 Å². The average Bonchev–Trinajstić information content (AvgIpc) is 3.01. The quantitative estimate of drug-likeness (QED) is 0.737. The molecule has 1 aliphatic rings. The summed E-state index contributed by atoms with van der Waals surface area (Å²) >= 11 is 0. The topological polar surface area (TPSA) is 47.6 Å². The Morgan fingerprint density at radius 3 is 2.44 bits per heavy atom. The van der Waals surface area contributed by atoms with E-state index in [4.69, 9.17) is 0 Å². The van der Waals surface area contributed by atoms with Crippen molar-refractivity contribution in [2.75, 3.05) is 26.2 Å². The van der Waals surface area contributed by atoms with Gasteiger partial charge in [-0.15, -0.1) is 0 Å². The molecule has 4 rings (SSSR count). The van der Waals surface area contributed by atoms with Gasteiger partial charge in [-0.3, -0.25) is 14.8 Å². The molecule has 5 heteroatoms. The first-order valence-corrected chi connectivity index (χ1v) is 8.67. The van der Waals surface area contributed by atoms with Crippen molar-refractivity contribution in [2.24, 2.45) is 0 Å². The zero-order valence-electron chi connectivity index (χ0n) is 14.2. The molecule has 0 bridgehead atoms. The lowest BCUT2D eigenvalue weighted by Crippen LogP contribution is -2.45. The van der Waals surface area contributed by atoms with Crippen LogP contribution in [0.1, 0.15) is 16.8 Å². The molecule has 5 nitrogen and oxygen atoms in total. The summed E-state index contributed by atoms with van der Waals surface area (Å²) in [4.78, 5) is 9.29. The summed E-state index contributed by atoms with van der Waals surface area (Å²) in [7, 11) is 0. The predicted octanol–water partition coefficient (Wildman–Crippen LogP) is 2.52. The third kappa shape index (κ3) is 3.41. The van der Waals surface area contributed by atoms with Crippen LogP contribution in [0.5, 0.6) is 0 Å². The second kappa shape index (κ2) is 7.06. The van der Waals surface area contributed by atoms with Gasteiger partial charge in [-0.1, -0.05) is 12.1 Å². The first kappa shape index (κ1) is 15.8. The molecule has 0 aromatic carbocycles. The Hall–Kier alpha value is -2.68. The highest BCUT2D eigenvalue weighted by atomic mass is 15.3. The summed E-state index contributed by atoms with van der Waals surface area (Å²) in [6, 6.07) is 14.4. The molecule has 0 amide bonds. The second-order valence-corrected chi connectivity index (χ2v) is 6.51. The summed E-state index contributed by atoms with van der Waals surface area (Å²) in [5.41, 5.74) is 4.04. The molecule has 1 saturated heterocycles. The van der Waals surface area contributed by atoms with Crippen LogP contribution in [0.15, 0.2) is 55.0 Å². The molecule has 1 fully saturated rings. The lowest BCUT2D eigenvalue weighted by Gasteiger charge is -2.34. The van der Waals surface area contributed by atoms with Crippen molar-refractivity contribution in [3.05, 3.63) is 71.8 Å². The average molecular weight is 331 g/mol. The summed E-state index contributed by atoms with van der Waals surface area (Å²) < 4.78 is 2.05. The fourth-order valence-corrected chi connectivity index (χ4v) is 3.49. The fourth-order valence-electron chi connectivity index (χ4n) is 3.49. The summed E-state index contributed by atoms with van der Waals surface area (Å²) in [5.74, 6) is 0. The number of pyridine rings is 2. The van der Waals surface area contributed by atoms with Gasteiger partial charge in [0.2, 0.25) is 0 Å². The van der Waals surface area contributed by atoms with E-state index in [0.29, 0.717) is 0 Å². The Kier molecular flexibility index (Phi) is 4.47. The van der Waals surface area contributed by atoms with Crippen molar-refractivity contribution in [1.29, 1.82) is 5.26 Å². The van der Waals surface area contributed by atoms with Crippen molar-refractivity contribution in [1.82, 2.24) is 19.2 Å². The van der Waals surface area contributed by atoms with Gasteiger partial charge in [0, 0.05) is 63.4 Å². The zero-order chi connectivity index (χ0) is 17.1. The van der Waals surface area contributed by atoms with E-state index in [-0.39, 0.29) is 0 Å². The number of piperazine rings is 1. The van der Waals surface area contributed by atoms with Gasteiger partial charge in [0.1, 0.15) is 6.07 Å². The van der Waals surface area contributed by atoms with Gasteiger partial charge in [0.15, 0.2) is 0 Å². The van der Waals surface area contributed by atoms with Crippen molar-refractivity contribution >= 4 is 5.52 Å². The molecular formula is C20H21N5. The Labute approximate surface area is 147 Å². The summed E-state index contributed by atoms with van der Waals surface area (Å²) in [6.45, 7) is 5.85. The first-order valence-electron chi connectivity index (χ1n) is 8.67. The number of aromatic nitrogens is 2. The van der Waals surface area contributed by atoms with Crippen molar-refractivity contribution in [3.8, 4) is 6.07 Å². The van der Waals surface area contributed by atoms with E-state index in [9.17, 15) is 5.26 Å². The van der Waals surface area contributed by atoms with Gasteiger partial charge >= 0.3 is 0 Å². The third-order valence-electron chi connectivity index (χ3n) is 4.84. The Bertz CT molecular complexity index is 885. The smallest absolute Gasteiger partial charge is 0.102 e. The molecule has 0 aliphatic carbocycles. The molecule has 0 atom stereocenters. The minimum Gasteiger partial charge on any atom is -0.322 e. The van der Waals surface area contributed by atoms with Crippen molar-refractivity contribution < 1.29 is 0 Å². The molecule has 0 N–H and O–H groups in total. The van der Waals surface area contributed by atoms with Crippen LogP contribution >= 0.6 is 0 Å². The largest absolute Gasteiger partial charge is 0.322 e. The van der Waals surface area contributed by atoms with Crippen molar-refractivity contribution in [3.63, 3.8) is 0 Å². The van der Waals surface area contributed by atoms with Gasteiger partial charge in [0.25, 0.3) is 0 Å². The number of rotatable bonds is 4. The highest BCUT2D eigenvalue weighted by molar-refractivity contribution is 5.65. The van der Waals surface area contributed by atoms with E-state index in [1.165, 1.54) is 0 Å². The molecule has 25 heavy (non-hydrogen) atoms. The van der Waals surface area contributed by atoms with E-state index in [1.54, 1.807) is 0 Å². The van der Waals surface area contributed by atoms with Crippen LogP contribution in [0.25, 0.3) is 5.52 Å². The fraction of sp³-hybridized carbons (Fsp3) is 0.300. The number of nitriles is 1. The van der Waals surface area contributed by atoms with Gasteiger partial charge in [-0.2, -0.15) is 5.26 Å². The SMILES string of the molecule is N#Cc1c(CN2CCN(Cc3ccccn3)CC2)cn2ccccc12. The third-order valence-corrected chi connectivity index (χ3v) is 4.84. The summed E-state index contributed by atoms with van der Waals surface area (Å²) in [5, 5.41) is 9.54. The molecule has 0 unspecified atom stereocenters. The van der Waals surface area contributed by atoms with Crippen LogP contribution in [0.2, 0.25) is 0 Å². The summed E-state index contributed by atoms with van der Waals surface area (Å²) in [6.07, 6.45) is 5.95. The monoisotopic (exact) mass is 331 g/mol. The van der Waals surface area contributed by atoms with E-state index >= 15 is 0 Å². The van der Waals surface area contributed by atoms with Gasteiger partial charge in [-0.05, 0) is 24.3 Å². The van der Waals surface area contributed by atoms with Crippen LogP contribution < -0.4 is 0 Å². The van der Waals surface area contributed by atoms with Gasteiger partial charge < -0.3 is 4.40 Å². The first-order chi connectivity index (χ1) is 12.3. The maximum absolute atomic E-state index is 9.54. The lowest BCUT2D eigenvalue weighted by molar-refractivity contribution is 0.121. The molecule has 0 saturated carbocycles. The Morgan fingerprint density at radius 1 is 0.960 bits per heavy atom. The number of hydrogen-bond acceptors (Lipinski definition) is 4. The van der Waals surface area contributed by atoms with Gasteiger partial charge in [0.05, 0.1) is 16.8 Å². The molecule has 0 radical (unpaired) electrons. The van der Waals surface area contributed by atoms with Crippen LogP contribution in [0.4, 0.5) is 0 Å². The van der Waals surface area contributed by atoms with Crippen LogP contribution in [0.3, 0.4) is 0 Å². The number of hydrogen-bond donors (Lipinski definition) is 0. The molecule has 126 valence electrons. The normalized spacial score (nSPS) is 16.1. The van der Waals surface area contributed by atoms with Gasteiger partial charge in [-0.25, -0.2) is 0 Å². The number of nitrogens with zero attached hydrogens (tertiary/aromatic N) is 5. The Morgan fingerprint density at radius 2 is 1.72 bits per heavy atom. The van der Waals surface area contributed by atoms with E-state index < -0.39 is 0 Å².